The van der Waals surface area contributed by atoms with Crippen LogP contribution in [-0.2, 0) is 9.47 Å². The predicted molar refractivity (Wildman–Crippen MR) is 105 cm³/mol. The van der Waals surface area contributed by atoms with E-state index in [0.717, 1.165) is 11.1 Å². The van der Waals surface area contributed by atoms with Crippen molar-refractivity contribution in [2.45, 2.75) is 12.2 Å². The third-order valence-electron chi connectivity index (χ3n) is 5.81. The molecule has 4 atom stereocenters. The third kappa shape index (κ3) is 3.34. The number of hydrogen-bond acceptors (Lipinski definition) is 7. The number of phenols is 1. The van der Waals surface area contributed by atoms with Gasteiger partial charge in [0.25, 0.3) is 0 Å². The summed E-state index contributed by atoms with van der Waals surface area (Å²) < 4.78 is 33.7. The molecule has 0 aromatic heterocycles. The third-order valence-corrected chi connectivity index (χ3v) is 5.81. The zero-order valence-corrected chi connectivity index (χ0v) is 17.0. The van der Waals surface area contributed by atoms with Crippen LogP contribution in [0.4, 0.5) is 0 Å². The van der Waals surface area contributed by atoms with Gasteiger partial charge in [0.15, 0.2) is 23.0 Å². The minimum Gasteiger partial charge on any atom is -0.504 e. The van der Waals surface area contributed by atoms with Crippen LogP contribution in [0.1, 0.15) is 23.3 Å². The summed E-state index contributed by atoms with van der Waals surface area (Å²) in [6.45, 7) is 1.15. The molecule has 7 heteroatoms. The zero-order valence-electron chi connectivity index (χ0n) is 17.0. The van der Waals surface area contributed by atoms with Gasteiger partial charge >= 0.3 is 0 Å². The molecule has 0 amide bonds. The maximum Gasteiger partial charge on any atom is 0.203 e. The second-order valence-electron chi connectivity index (χ2n) is 7.23. The van der Waals surface area contributed by atoms with Gasteiger partial charge in [0.2, 0.25) is 5.75 Å². The summed E-state index contributed by atoms with van der Waals surface area (Å²) in [5.41, 5.74) is 1.89. The van der Waals surface area contributed by atoms with Crippen molar-refractivity contribution < 1.29 is 33.5 Å². The Morgan fingerprint density at radius 1 is 0.724 bits per heavy atom. The molecular weight excluding hydrogens is 376 g/mol. The molecule has 29 heavy (non-hydrogen) atoms. The number of benzene rings is 2. The van der Waals surface area contributed by atoms with Gasteiger partial charge in [-0.05, 0) is 35.4 Å². The molecule has 4 unspecified atom stereocenters. The highest BCUT2D eigenvalue weighted by Crippen LogP contribution is 2.52. The number of fused-ring (bicyclic) bond motifs is 1. The Kier molecular flexibility index (Phi) is 5.43. The highest BCUT2D eigenvalue weighted by atomic mass is 16.5. The Labute approximate surface area is 170 Å². The van der Waals surface area contributed by atoms with Crippen molar-refractivity contribution in [1.82, 2.24) is 0 Å². The van der Waals surface area contributed by atoms with E-state index in [4.69, 9.17) is 28.4 Å². The zero-order chi connectivity index (χ0) is 20.5. The molecular formula is C22H26O7. The molecule has 2 aromatic rings. The van der Waals surface area contributed by atoms with E-state index in [2.05, 4.69) is 0 Å². The molecule has 2 aliphatic heterocycles. The van der Waals surface area contributed by atoms with Gasteiger partial charge in [-0.25, -0.2) is 0 Å². The van der Waals surface area contributed by atoms with E-state index in [1.165, 1.54) is 7.11 Å². The molecule has 2 fully saturated rings. The van der Waals surface area contributed by atoms with Crippen LogP contribution < -0.4 is 18.9 Å². The van der Waals surface area contributed by atoms with Crippen LogP contribution in [0.3, 0.4) is 0 Å². The van der Waals surface area contributed by atoms with Crippen LogP contribution >= 0.6 is 0 Å². The van der Waals surface area contributed by atoms with Crippen molar-refractivity contribution in [3.8, 4) is 28.7 Å². The molecule has 2 aliphatic rings. The molecule has 0 aliphatic carbocycles. The fourth-order valence-corrected chi connectivity index (χ4v) is 4.39. The molecule has 7 nitrogen and oxygen atoms in total. The summed E-state index contributed by atoms with van der Waals surface area (Å²) in [7, 11) is 6.29. The lowest BCUT2D eigenvalue weighted by Gasteiger charge is -2.19. The molecule has 1 N–H and O–H groups in total. The van der Waals surface area contributed by atoms with Gasteiger partial charge in [0.1, 0.15) is 0 Å². The average Bonchev–Trinajstić information content (AvgIpc) is 3.34. The van der Waals surface area contributed by atoms with Crippen molar-refractivity contribution >= 4 is 0 Å². The fourth-order valence-electron chi connectivity index (χ4n) is 4.39. The first-order valence-corrected chi connectivity index (χ1v) is 9.51. The summed E-state index contributed by atoms with van der Waals surface area (Å²) in [4.78, 5) is 0. The van der Waals surface area contributed by atoms with Crippen LogP contribution in [0.5, 0.6) is 28.7 Å². The Morgan fingerprint density at radius 2 is 1.31 bits per heavy atom. The normalized spacial score (nSPS) is 25.5. The monoisotopic (exact) mass is 402 g/mol. The number of methoxy groups -OCH3 is 4. The van der Waals surface area contributed by atoms with Crippen molar-refractivity contribution in [3.05, 3.63) is 41.5 Å². The van der Waals surface area contributed by atoms with E-state index in [9.17, 15) is 5.11 Å². The Hall–Kier alpha value is -2.64. The summed E-state index contributed by atoms with van der Waals surface area (Å²) in [5, 5.41) is 10.3. The first-order chi connectivity index (χ1) is 14.1. The first kappa shape index (κ1) is 19.7. The van der Waals surface area contributed by atoms with Crippen molar-refractivity contribution in [2.75, 3.05) is 41.7 Å². The average molecular weight is 402 g/mol. The van der Waals surface area contributed by atoms with Crippen molar-refractivity contribution in [3.63, 3.8) is 0 Å². The van der Waals surface area contributed by atoms with E-state index >= 15 is 0 Å². The summed E-state index contributed by atoms with van der Waals surface area (Å²) in [6, 6.07) is 9.39. The van der Waals surface area contributed by atoms with E-state index in [1.54, 1.807) is 27.4 Å². The second-order valence-corrected chi connectivity index (χ2v) is 7.23. The maximum atomic E-state index is 10.3. The maximum absolute atomic E-state index is 10.3. The van der Waals surface area contributed by atoms with Gasteiger partial charge < -0.3 is 33.5 Å². The van der Waals surface area contributed by atoms with E-state index in [1.807, 2.05) is 24.3 Å². The molecule has 0 saturated carbocycles. The summed E-state index contributed by atoms with van der Waals surface area (Å²) in [5.74, 6) is 2.56. The molecule has 0 bridgehead atoms. The largest absolute Gasteiger partial charge is 0.504 e. The number of rotatable bonds is 6. The van der Waals surface area contributed by atoms with Crippen molar-refractivity contribution in [2.24, 2.45) is 11.8 Å². The van der Waals surface area contributed by atoms with Gasteiger partial charge in [-0.3, -0.25) is 0 Å². The molecule has 4 rings (SSSR count). The number of ether oxygens (including phenoxy) is 6. The first-order valence-electron chi connectivity index (χ1n) is 9.51. The highest BCUT2D eigenvalue weighted by molar-refractivity contribution is 5.53. The van der Waals surface area contributed by atoms with Crippen LogP contribution in [0.2, 0.25) is 0 Å². The highest BCUT2D eigenvalue weighted by Gasteiger charge is 2.48. The standard InChI is InChI=1S/C22H26O7/c1-24-17-6-5-12(8-18(17)25-2)20-14-10-29-21(15(14)11-28-20)13-7-16(23)22(27-4)19(9-13)26-3/h5-9,14-15,20-21,23H,10-11H2,1-4H3. The second kappa shape index (κ2) is 8.00. The van der Waals surface area contributed by atoms with Gasteiger partial charge in [-0.1, -0.05) is 6.07 Å². The lowest BCUT2D eigenvalue weighted by Crippen LogP contribution is -2.14. The molecule has 156 valence electrons. The van der Waals surface area contributed by atoms with Crippen LogP contribution in [-0.4, -0.2) is 46.8 Å². The topological polar surface area (TPSA) is 75.6 Å². The molecule has 2 aromatic carbocycles. The van der Waals surface area contributed by atoms with Crippen LogP contribution in [0.25, 0.3) is 0 Å². The Balaban J connectivity index is 1.59. The Bertz CT molecular complexity index is 882. The number of aromatic hydroxyl groups is 1. The van der Waals surface area contributed by atoms with Crippen LogP contribution in [0.15, 0.2) is 30.3 Å². The SMILES string of the molecule is COc1ccc(C2OCC3C(c4cc(O)c(OC)c(OC)c4)OCC23)cc1OC. The van der Waals surface area contributed by atoms with Crippen molar-refractivity contribution in [1.29, 1.82) is 0 Å². The number of hydrogen-bond donors (Lipinski definition) is 1. The minimum absolute atomic E-state index is 0.0317. The summed E-state index contributed by atoms with van der Waals surface area (Å²) in [6.07, 6.45) is -0.269. The molecule has 2 heterocycles. The van der Waals surface area contributed by atoms with E-state index in [-0.39, 0.29) is 29.8 Å². The Morgan fingerprint density at radius 3 is 1.90 bits per heavy atom. The van der Waals surface area contributed by atoms with Gasteiger partial charge in [-0.15, -0.1) is 0 Å². The van der Waals surface area contributed by atoms with E-state index < -0.39 is 0 Å². The van der Waals surface area contributed by atoms with Gasteiger partial charge in [0.05, 0.1) is 53.9 Å². The van der Waals surface area contributed by atoms with Gasteiger partial charge in [0, 0.05) is 11.8 Å². The van der Waals surface area contributed by atoms with Crippen LogP contribution in [0, 0.1) is 11.8 Å². The molecule has 2 saturated heterocycles. The molecule has 0 spiro atoms. The smallest absolute Gasteiger partial charge is 0.203 e. The summed E-state index contributed by atoms with van der Waals surface area (Å²) >= 11 is 0. The minimum atomic E-state index is -0.184. The quantitative estimate of drug-likeness (QED) is 0.792. The van der Waals surface area contributed by atoms with Gasteiger partial charge in [-0.2, -0.15) is 0 Å². The molecule has 0 radical (unpaired) electrons. The predicted octanol–water partition coefficient (Wildman–Crippen LogP) is 3.50. The lowest BCUT2D eigenvalue weighted by atomic mass is 9.84. The fraction of sp³-hybridized carbons (Fsp3) is 0.455. The number of phenolic OH excluding ortho intramolecular Hbond substituents is 1. The lowest BCUT2D eigenvalue weighted by molar-refractivity contribution is 0.0190. The van der Waals surface area contributed by atoms with E-state index in [0.29, 0.717) is 36.2 Å².